The number of benzene rings is 1. The van der Waals surface area contributed by atoms with Crippen LogP contribution in [0.2, 0.25) is 0 Å². The van der Waals surface area contributed by atoms with Gasteiger partial charge in [0.05, 0.1) is 25.1 Å². The highest BCUT2D eigenvalue weighted by Gasteiger charge is 2.09. The Bertz CT molecular complexity index is 690. The number of carbonyl (C=O) groups is 1. The van der Waals surface area contributed by atoms with E-state index in [-0.39, 0.29) is 5.91 Å². The highest BCUT2D eigenvalue weighted by molar-refractivity contribution is 5.91. The van der Waals surface area contributed by atoms with Crippen molar-refractivity contribution in [1.82, 2.24) is 20.0 Å². The number of hydrogen-bond acceptors (Lipinski definition) is 4. The van der Waals surface area contributed by atoms with Crippen LogP contribution in [0.5, 0.6) is 0 Å². The largest absolute Gasteiger partial charge is 0.379 e. The average molecular weight is 340 g/mol. The molecule has 0 unspecified atom stereocenters. The molecule has 0 saturated carbocycles. The molecule has 1 N–H and O–H groups in total. The average Bonchev–Trinajstić information content (AvgIpc) is 3.14. The molecule has 6 heteroatoms. The lowest BCUT2D eigenvalue weighted by molar-refractivity contribution is -0.116. The number of nitrogens with zero attached hydrogens (tertiary/aromatic N) is 3. The third-order valence-electron chi connectivity index (χ3n) is 4.10. The van der Waals surface area contributed by atoms with E-state index < -0.39 is 0 Å². The van der Waals surface area contributed by atoms with E-state index in [4.69, 9.17) is 4.74 Å². The number of hydrogen-bond donors (Lipinski definition) is 1. The van der Waals surface area contributed by atoms with Crippen molar-refractivity contribution < 1.29 is 9.53 Å². The third kappa shape index (κ3) is 5.55. The van der Waals surface area contributed by atoms with E-state index in [0.29, 0.717) is 6.54 Å². The molecule has 1 aromatic carbocycles. The zero-order valence-corrected chi connectivity index (χ0v) is 14.3. The number of nitrogens with one attached hydrogen (secondary N) is 1. The lowest BCUT2D eigenvalue weighted by atomic mass is 10.3. The fraction of sp³-hybridized carbons (Fsp3) is 0.368. The maximum atomic E-state index is 11.9. The quantitative estimate of drug-likeness (QED) is 0.616. The molecule has 6 nitrogen and oxygen atoms in total. The zero-order chi connectivity index (χ0) is 17.3. The molecular formula is C19H24N4O2. The highest BCUT2D eigenvalue weighted by Crippen LogP contribution is 2.08. The topological polar surface area (TPSA) is 59.4 Å². The Kier molecular flexibility index (Phi) is 6.36. The predicted octanol–water partition coefficient (Wildman–Crippen LogP) is 1.72. The molecule has 1 saturated heterocycles. The fourth-order valence-electron chi connectivity index (χ4n) is 2.71. The molecule has 3 rings (SSSR count). The minimum absolute atomic E-state index is 0.0746. The molecule has 1 aliphatic heterocycles. The third-order valence-corrected chi connectivity index (χ3v) is 4.10. The van der Waals surface area contributed by atoms with Gasteiger partial charge in [-0.3, -0.25) is 9.69 Å². The minimum Gasteiger partial charge on any atom is -0.379 e. The summed E-state index contributed by atoms with van der Waals surface area (Å²) in [5, 5.41) is 7.23. The van der Waals surface area contributed by atoms with Crippen LogP contribution in [0.25, 0.3) is 11.8 Å². The van der Waals surface area contributed by atoms with Crippen LogP contribution in [-0.4, -0.2) is 60.0 Å². The van der Waals surface area contributed by atoms with Crippen LogP contribution in [-0.2, 0) is 9.53 Å². The molecule has 0 spiro atoms. The summed E-state index contributed by atoms with van der Waals surface area (Å²) in [6.07, 6.45) is 7.93. The Morgan fingerprint density at radius 1 is 1.24 bits per heavy atom. The Hall–Kier alpha value is -2.44. The van der Waals surface area contributed by atoms with Gasteiger partial charge in [0.1, 0.15) is 0 Å². The molecular weight excluding hydrogens is 316 g/mol. The highest BCUT2D eigenvalue weighted by atomic mass is 16.5. The maximum absolute atomic E-state index is 11.9. The van der Waals surface area contributed by atoms with Crippen molar-refractivity contribution in [3.63, 3.8) is 0 Å². The first kappa shape index (κ1) is 17.4. The molecule has 25 heavy (non-hydrogen) atoms. The number of morpholine rings is 1. The van der Waals surface area contributed by atoms with Gasteiger partial charge in [-0.15, -0.1) is 0 Å². The Morgan fingerprint density at radius 3 is 2.84 bits per heavy atom. The van der Waals surface area contributed by atoms with Crippen LogP contribution in [0, 0.1) is 0 Å². The Balaban J connectivity index is 1.39. The zero-order valence-electron chi connectivity index (χ0n) is 14.3. The van der Waals surface area contributed by atoms with E-state index in [1.165, 1.54) is 0 Å². The summed E-state index contributed by atoms with van der Waals surface area (Å²) in [7, 11) is 0. The van der Waals surface area contributed by atoms with Gasteiger partial charge in [0.25, 0.3) is 0 Å². The summed E-state index contributed by atoms with van der Waals surface area (Å²) >= 11 is 0. The van der Waals surface area contributed by atoms with Crippen LogP contribution < -0.4 is 5.32 Å². The van der Waals surface area contributed by atoms with E-state index in [2.05, 4.69) is 15.3 Å². The molecule has 2 aromatic rings. The lowest BCUT2D eigenvalue weighted by Crippen LogP contribution is -2.38. The van der Waals surface area contributed by atoms with Crippen molar-refractivity contribution in [1.29, 1.82) is 0 Å². The van der Waals surface area contributed by atoms with Gasteiger partial charge in [-0.2, -0.15) is 5.10 Å². The molecule has 0 radical (unpaired) electrons. The summed E-state index contributed by atoms with van der Waals surface area (Å²) in [6, 6.07) is 9.88. The maximum Gasteiger partial charge on any atom is 0.244 e. The van der Waals surface area contributed by atoms with Crippen molar-refractivity contribution in [2.75, 3.05) is 39.4 Å². The number of ether oxygens (including phenoxy) is 1. The van der Waals surface area contributed by atoms with Gasteiger partial charge >= 0.3 is 0 Å². The van der Waals surface area contributed by atoms with Gasteiger partial charge in [-0.1, -0.05) is 18.2 Å². The van der Waals surface area contributed by atoms with Crippen LogP contribution in [0.3, 0.4) is 0 Å². The molecule has 1 amide bonds. The molecule has 0 bridgehead atoms. The van der Waals surface area contributed by atoms with Crippen molar-refractivity contribution in [2.24, 2.45) is 0 Å². The molecule has 1 aliphatic rings. The van der Waals surface area contributed by atoms with Gasteiger partial charge in [-0.25, -0.2) is 4.68 Å². The number of rotatable bonds is 7. The normalized spacial score (nSPS) is 15.5. The molecule has 1 fully saturated rings. The van der Waals surface area contributed by atoms with E-state index >= 15 is 0 Å². The van der Waals surface area contributed by atoms with Crippen molar-refractivity contribution in [3.05, 3.63) is 54.4 Å². The van der Waals surface area contributed by atoms with Crippen molar-refractivity contribution in [3.8, 4) is 5.69 Å². The molecule has 2 heterocycles. The second-order valence-corrected chi connectivity index (χ2v) is 5.99. The molecule has 0 atom stereocenters. The Labute approximate surface area is 148 Å². The molecule has 132 valence electrons. The van der Waals surface area contributed by atoms with E-state index in [1.807, 2.05) is 36.5 Å². The second-order valence-electron chi connectivity index (χ2n) is 5.99. The Morgan fingerprint density at radius 2 is 2.04 bits per heavy atom. The van der Waals surface area contributed by atoms with E-state index in [0.717, 1.165) is 50.5 Å². The summed E-state index contributed by atoms with van der Waals surface area (Å²) < 4.78 is 7.11. The summed E-state index contributed by atoms with van der Waals surface area (Å²) in [6.45, 7) is 5.27. The number of aromatic nitrogens is 2. The summed E-state index contributed by atoms with van der Waals surface area (Å²) in [5.41, 5.74) is 1.89. The molecule has 0 aliphatic carbocycles. The van der Waals surface area contributed by atoms with Crippen molar-refractivity contribution >= 4 is 12.0 Å². The van der Waals surface area contributed by atoms with Crippen molar-refractivity contribution in [2.45, 2.75) is 6.42 Å². The van der Waals surface area contributed by atoms with E-state index in [9.17, 15) is 4.79 Å². The number of amides is 1. The number of para-hydroxylation sites is 1. The smallest absolute Gasteiger partial charge is 0.244 e. The standard InChI is InChI=1S/C19H24N4O2/c24-19(20-9-4-10-22-11-13-25-14-12-22)8-7-17-15-21-23(16-17)18-5-2-1-3-6-18/h1-3,5-8,15-16H,4,9-14H2,(H,20,24)/b8-7+. The van der Waals surface area contributed by atoms with Crippen LogP contribution in [0.15, 0.2) is 48.8 Å². The van der Waals surface area contributed by atoms with Gasteiger partial charge in [0, 0.05) is 37.5 Å². The first-order chi connectivity index (χ1) is 12.3. The summed E-state index contributed by atoms with van der Waals surface area (Å²) in [5.74, 6) is -0.0746. The lowest BCUT2D eigenvalue weighted by Gasteiger charge is -2.26. The SMILES string of the molecule is O=C(/C=C/c1cnn(-c2ccccc2)c1)NCCCN1CCOCC1. The summed E-state index contributed by atoms with van der Waals surface area (Å²) in [4.78, 5) is 14.3. The molecule has 1 aromatic heterocycles. The van der Waals surface area contributed by atoms with Gasteiger partial charge in [0.15, 0.2) is 0 Å². The number of carbonyl (C=O) groups excluding carboxylic acids is 1. The monoisotopic (exact) mass is 340 g/mol. The van der Waals surface area contributed by atoms with Gasteiger partial charge in [0.2, 0.25) is 5.91 Å². The van der Waals surface area contributed by atoms with Crippen LogP contribution in [0.1, 0.15) is 12.0 Å². The van der Waals surface area contributed by atoms with Gasteiger partial charge in [-0.05, 0) is 31.2 Å². The first-order valence-electron chi connectivity index (χ1n) is 8.67. The van der Waals surface area contributed by atoms with Crippen LogP contribution >= 0.6 is 0 Å². The first-order valence-corrected chi connectivity index (χ1v) is 8.67. The van der Waals surface area contributed by atoms with Crippen LogP contribution in [0.4, 0.5) is 0 Å². The predicted molar refractivity (Wildman–Crippen MR) is 97.5 cm³/mol. The van der Waals surface area contributed by atoms with E-state index in [1.54, 1.807) is 23.0 Å². The minimum atomic E-state index is -0.0746. The van der Waals surface area contributed by atoms with Gasteiger partial charge < -0.3 is 10.1 Å². The fourth-order valence-corrected chi connectivity index (χ4v) is 2.71. The second kappa shape index (κ2) is 9.15.